The van der Waals surface area contributed by atoms with Gasteiger partial charge in [0.25, 0.3) is 0 Å². The van der Waals surface area contributed by atoms with Crippen molar-refractivity contribution in [3.63, 3.8) is 0 Å². The molecule has 0 aliphatic rings. The molecular weight excluding hydrogens is 426 g/mol. The van der Waals surface area contributed by atoms with Gasteiger partial charge in [0.2, 0.25) is 11.8 Å². The molecule has 168 valence electrons. The number of aryl methyl sites for hydroxylation is 2. The summed E-state index contributed by atoms with van der Waals surface area (Å²) in [7, 11) is 1.78. The highest BCUT2D eigenvalue weighted by Crippen LogP contribution is 2.20. The molecule has 2 aromatic carbocycles. The molecule has 0 bridgehead atoms. The second-order valence-electron chi connectivity index (χ2n) is 7.30. The molecule has 1 heterocycles. The van der Waals surface area contributed by atoms with Crippen molar-refractivity contribution < 1.29 is 14.3 Å². The second kappa shape index (κ2) is 10.8. The Morgan fingerprint density at radius 1 is 1.03 bits per heavy atom. The number of thioether (sulfide) groups is 1. The number of benzene rings is 2. The summed E-state index contributed by atoms with van der Waals surface area (Å²) in [6.45, 7) is 6.48. The number of amides is 2. The van der Waals surface area contributed by atoms with Crippen LogP contribution in [-0.2, 0) is 23.1 Å². The van der Waals surface area contributed by atoms with Gasteiger partial charge >= 0.3 is 0 Å². The molecule has 0 unspecified atom stereocenters. The van der Waals surface area contributed by atoms with Crippen molar-refractivity contribution in [2.45, 2.75) is 32.3 Å². The van der Waals surface area contributed by atoms with E-state index in [0.717, 1.165) is 22.6 Å². The van der Waals surface area contributed by atoms with E-state index in [4.69, 9.17) is 4.74 Å². The molecule has 0 atom stereocenters. The third-order valence-corrected chi connectivity index (χ3v) is 5.70. The number of nitrogens with zero attached hydrogens (tertiary/aromatic N) is 3. The molecule has 0 saturated carbocycles. The van der Waals surface area contributed by atoms with Crippen LogP contribution >= 0.6 is 11.8 Å². The highest BCUT2D eigenvalue weighted by atomic mass is 32.2. The summed E-state index contributed by atoms with van der Waals surface area (Å²) in [5, 5.41) is 14.5. The maximum atomic E-state index is 12.4. The number of hydrogen-bond acceptors (Lipinski definition) is 6. The largest absolute Gasteiger partial charge is 0.494 e. The predicted octanol–water partition coefficient (Wildman–Crippen LogP) is 3.74. The Labute approximate surface area is 191 Å². The Balaban J connectivity index is 1.51. The molecule has 32 heavy (non-hydrogen) atoms. The van der Waals surface area contributed by atoms with Gasteiger partial charge in [-0.25, -0.2) is 0 Å². The van der Waals surface area contributed by atoms with Crippen LogP contribution in [0.4, 0.5) is 11.4 Å². The van der Waals surface area contributed by atoms with Gasteiger partial charge in [0.15, 0.2) is 5.16 Å². The first kappa shape index (κ1) is 23.3. The fraction of sp³-hybridized carbons (Fsp3) is 0.304. The number of hydrogen-bond donors (Lipinski definition) is 2. The van der Waals surface area contributed by atoms with Crippen molar-refractivity contribution in [3.8, 4) is 5.75 Å². The van der Waals surface area contributed by atoms with Gasteiger partial charge < -0.3 is 19.9 Å². The molecule has 0 spiro atoms. The first-order valence-electron chi connectivity index (χ1n) is 10.3. The molecular formula is C23H27N5O3S. The highest BCUT2D eigenvalue weighted by Gasteiger charge is 2.15. The van der Waals surface area contributed by atoms with Crippen LogP contribution in [0.1, 0.15) is 23.9 Å². The Hall–Kier alpha value is -3.33. The van der Waals surface area contributed by atoms with Crippen molar-refractivity contribution in [2.75, 3.05) is 23.0 Å². The summed E-state index contributed by atoms with van der Waals surface area (Å²) in [4.78, 5) is 24.7. The van der Waals surface area contributed by atoms with Gasteiger partial charge in [-0.1, -0.05) is 29.5 Å². The first-order valence-corrected chi connectivity index (χ1v) is 11.2. The molecule has 2 amide bonds. The Morgan fingerprint density at radius 2 is 1.78 bits per heavy atom. The zero-order chi connectivity index (χ0) is 23.1. The molecule has 0 aliphatic heterocycles. The van der Waals surface area contributed by atoms with Crippen LogP contribution in [0.5, 0.6) is 5.75 Å². The number of rotatable bonds is 9. The van der Waals surface area contributed by atoms with E-state index in [0.29, 0.717) is 23.3 Å². The van der Waals surface area contributed by atoms with Crippen LogP contribution in [0.15, 0.2) is 47.6 Å². The maximum absolute atomic E-state index is 12.4. The van der Waals surface area contributed by atoms with Crippen molar-refractivity contribution >= 4 is 35.0 Å². The van der Waals surface area contributed by atoms with Gasteiger partial charge in [0.1, 0.15) is 11.6 Å². The van der Waals surface area contributed by atoms with E-state index in [9.17, 15) is 9.59 Å². The van der Waals surface area contributed by atoms with Gasteiger partial charge in [-0.2, -0.15) is 0 Å². The van der Waals surface area contributed by atoms with Gasteiger partial charge in [0.05, 0.1) is 18.8 Å². The van der Waals surface area contributed by atoms with Gasteiger partial charge in [-0.3, -0.25) is 9.59 Å². The van der Waals surface area contributed by atoms with Crippen LogP contribution in [0.2, 0.25) is 0 Å². The molecule has 8 nitrogen and oxygen atoms in total. The zero-order valence-corrected chi connectivity index (χ0v) is 19.5. The summed E-state index contributed by atoms with van der Waals surface area (Å²) in [6, 6.07) is 13.1. The van der Waals surface area contributed by atoms with E-state index in [1.165, 1.54) is 11.8 Å². The van der Waals surface area contributed by atoms with Crippen molar-refractivity contribution in [3.05, 3.63) is 59.4 Å². The van der Waals surface area contributed by atoms with Crippen LogP contribution < -0.4 is 15.4 Å². The molecule has 1 aromatic heterocycles. The van der Waals surface area contributed by atoms with E-state index in [1.807, 2.05) is 51.1 Å². The van der Waals surface area contributed by atoms with E-state index in [-0.39, 0.29) is 24.0 Å². The topological polar surface area (TPSA) is 98.1 Å². The van der Waals surface area contributed by atoms with E-state index in [2.05, 4.69) is 20.8 Å². The van der Waals surface area contributed by atoms with Crippen molar-refractivity contribution in [1.29, 1.82) is 0 Å². The molecule has 2 N–H and O–H groups in total. The average Bonchev–Trinajstić information content (AvgIpc) is 3.09. The lowest BCUT2D eigenvalue weighted by Gasteiger charge is -2.09. The lowest BCUT2D eigenvalue weighted by Crippen LogP contribution is -2.18. The smallest absolute Gasteiger partial charge is 0.234 e. The molecule has 3 aromatic rings. The highest BCUT2D eigenvalue weighted by molar-refractivity contribution is 7.99. The third-order valence-electron chi connectivity index (χ3n) is 4.68. The Morgan fingerprint density at radius 3 is 2.47 bits per heavy atom. The van der Waals surface area contributed by atoms with E-state index < -0.39 is 0 Å². The van der Waals surface area contributed by atoms with Crippen LogP contribution in [0, 0.1) is 13.8 Å². The number of carbonyl (C=O) groups excluding carboxylic acids is 2. The quantitative estimate of drug-likeness (QED) is 0.479. The average molecular weight is 454 g/mol. The summed E-state index contributed by atoms with van der Waals surface area (Å²) in [5.41, 5.74) is 3.62. The van der Waals surface area contributed by atoms with Gasteiger partial charge in [-0.05, 0) is 56.7 Å². The number of ether oxygens (including phenoxy) is 1. The summed E-state index contributed by atoms with van der Waals surface area (Å²) >= 11 is 1.26. The van der Waals surface area contributed by atoms with Gasteiger partial charge in [-0.15, -0.1) is 10.2 Å². The zero-order valence-electron chi connectivity index (χ0n) is 18.6. The van der Waals surface area contributed by atoms with Crippen LogP contribution in [-0.4, -0.2) is 38.9 Å². The minimum Gasteiger partial charge on any atom is -0.494 e. The number of carbonyl (C=O) groups is 2. The molecule has 0 fully saturated rings. The summed E-state index contributed by atoms with van der Waals surface area (Å²) in [6.07, 6.45) is 0.0930. The SMILES string of the molecule is CCOc1ccc(NC(=O)CSc2nnc(CC(=O)Nc3ccc(C)cc3C)n2C)cc1. The van der Waals surface area contributed by atoms with Crippen LogP contribution in [0.3, 0.4) is 0 Å². The fourth-order valence-corrected chi connectivity index (χ4v) is 3.77. The van der Waals surface area contributed by atoms with Crippen molar-refractivity contribution in [1.82, 2.24) is 14.8 Å². The molecule has 9 heteroatoms. The third kappa shape index (κ3) is 6.34. The minimum absolute atomic E-state index is 0.0930. The number of nitrogens with one attached hydrogen (secondary N) is 2. The Bertz CT molecular complexity index is 1100. The molecule has 0 saturated heterocycles. The normalized spacial score (nSPS) is 10.6. The first-order chi connectivity index (χ1) is 15.4. The molecule has 0 aliphatic carbocycles. The Kier molecular flexibility index (Phi) is 7.88. The standard InChI is InChI=1S/C23H27N5O3S/c1-5-31-18-9-7-17(8-10-18)24-22(30)14-32-23-27-26-20(28(23)4)13-21(29)25-19-11-6-15(2)12-16(19)3/h6-12H,5,13-14H2,1-4H3,(H,24,30)(H,25,29). The predicted molar refractivity (Wildman–Crippen MR) is 126 cm³/mol. The van der Waals surface area contributed by atoms with Crippen LogP contribution in [0.25, 0.3) is 0 Å². The lowest BCUT2D eigenvalue weighted by molar-refractivity contribution is -0.116. The van der Waals surface area contributed by atoms with E-state index >= 15 is 0 Å². The number of aromatic nitrogens is 3. The fourth-order valence-electron chi connectivity index (χ4n) is 3.04. The monoisotopic (exact) mass is 453 g/mol. The van der Waals surface area contributed by atoms with E-state index in [1.54, 1.807) is 23.7 Å². The lowest BCUT2D eigenvalue weighted by atomic mass is 10.1. The molecule has 3 rings (SSSR count). The second-order valence-corrected chi connectivity index (χ2v) is 8.24. The minimum atomic E-state index is -0.169. The summed E-state index contributed by atoms with van der Waals surface area (Å²) in [5.74, 6) is 1.14. The maximum Gasteiger partial charge on any atom is 0.234 e. The molecule has 0 radical (unpaired) electrons. The number of anilines is 2. The van der Waals surface area contributed by atoms with Crippen molar-refractivity contribution in [2.24, 2.45) is 7.05 Å². The van der Waals surface area contributed by atoms with Gasteiger partial charge in [0, 0.05) is 18.4 Å². The summed E-state index contributed by atoms with van der Waals surface area (Å²) < 4.78 is 7.13.